The first-order valence-electron chi connectivity index (χ1n) is 4.82. The van der Waals surface area contributed by atoms with Crippen molar-refractivity contribution in [1.29, 1.82) is 0 Å². The number of esters is 1. The van der Waals surface area contributed by atoms with Crippen molar-refractivity contribution in [2.24, 2.45) is 5.73 Å². The van der Waals surface area contributed by atoms with Crippen LogP contribution in [0.1, 0.15) is 21.6 Å². The molecule has 0 unspecified atom stereocenters. The molecule has 0 saturated carbocycles. The number of nitrogens with zero attached hydrogens (tertiary/aromatic N) is 1. The van der Waals surface area contributed by atoms with Crippen LogP contribution >= 0.6 is 0 Å². The maximum absolute atomic E-state index is 12.3. The lowest BCUT2D eigenvalue weighted by Gasteiger charge is -2.16. The first kappa shape index (κ1) is 14.2. The van der Waals surface area contributed by atoms with E-state index >= 15 is 0 Å². The molecule has 1 heterocycles. The van der Waals surface area contributed by atoms with E-state index in [-0.39, 0.29) is 23.4 Å². The molecule has 0 aliphatic carbocycles. The third-order valence-electron chi connectivity index (χ3n) is 2.12. The van der Waals surface area contributed by atoms with Gasteiger partial charge < -0.3 is 15.2 Å². The number of carbonyl (C=O) groups excluding carboxylic acids is 1. The quantitative estimate of drug-likeness (QED) is 0.838. The summed E-state index contributed by atoms with van der Waals surface area (Å²) in [6.07, 6.45) is -3.80. The molecule has 0 amide bonds. The number of ether oxygens (including phenoxy) is 2. The summed E-state index contributed by atoms with van der Waals surface area (Å²) >= 11 is 0. The third kappa shape index (κ3) is 3.10. The number of carbonyl (C=O) groups is 1. The monoisotopic (exact) mass is 264 g/mol. The highest BCUT2D eigenvalue weighted by Gasteiger charge is 2.35. The molecule has 0 aliphatic rings. The average Bonchev–Trinajstić information content (AvgIpc) is 2.27. The number of halogens is 3. The number of alkyl halides is 3. The topological polar surface area (TPSA) is 74.4 Å². The van der Waals surface area contributed by atoms with E-state index in [1.807, 2.05) is 0 Å². The van der Waals surface area contributed by atoms with E-state index in [4.69, 9.17) is 5.73 Å². The molecule has 0 aromatic carbocycles. The lowest BCUT2D eigenvalue weighted by Crippen LogP contribution is -2.22. The minimum absolute atomic E-state index is 0.0293. The molecule has 5 nitrogen and oxygen atoms in total. The van der Waals surface area contributed by atoms with E-state index < -0.39 is 18.1 Å². The Labute approximate surface area is 101 Å². The lowest BCUT2D eigenvalue weighted by molar-refractivity contribution is -0.275. The van der Waals surface area contributed by atoms with Crippen molar-refractivity contribution in [2.45, 2.75) is 19.8 Å². The van der Waals surface area contributed by atoms with Gasteiger partial charge >= 0.3 is 12.3 Å². The van der Waals surface area contributed by atoms with Crippen molar-refractivity contribution < 1.29 is 27.4 Å². The Morgan fingerprint density at radius 3 is 2.56 bits per heavy atom. The maximum atomic E-state index is 12.3. The van der Waals surface area contributed by atoms with Crippen molar-refractivity contribution in [3.05, 3.63) is 23.0 Å². The minimum Gasteiger partial charge on any atom is -0.465 e. The van der Waals surface area contributed by atoms with E-state index in [1.54, 1.807) is 0 Å². The number of pyridine rings is 1. The predicted octanol–water partition coefficient (Wildman–Crippen LogP) is 1.53. The standard InChI is InChI=1S/C10H11F3N2O3/c1-5-7(9(16)17-2)8(18-10(11,12)13)6(3-14)4-15-5/h4H,3,14H2,1-2H3. The van der Waals surface area contributed by atoms with Crippen LogP contribution in [0.4, 0.5) is 13.2 Å². The minimum atomic E-state index is -4.93. The van der Waals surface area contributed by atoms with Crippen LogP contribution < -0.4 is 10.5 Å². The molecular formula is C10H11F3N2O3. The van der Waals surface area contributed by atoms with Gasteiger partial charge in [-0.15, -0.1) is 13.2 Å². The van der Waals surface area contributed by atoms with E-state index in [9.17, 15) is 18.0 Å². The Morgan fingerprint density at radius 2 is 2.11 bits per heavy atom. The zero-order valence-corrected chi connectivity index (χ0v) is 9.67. The van der Waals surface area contributed by atoms with Crippen LogP contribution in [0.2, 0.25) is 0 Å². The summed E-state index contributed by atoms with van der Waals surface area (Å²) in [6, 6.07) is 0. The summed E-state index contributed by atoms with van der Waals surface area (Å²) in [6.45, 7) is 1.12. The fraction of sp³-hybridized carbons (Fsp3) is 0.400. The number of methoxy groups -OCH3 is 1. The van der Waals surface area contributed by atoms with Gasteiger partial charge in [-0.3, -0.25) is 4.98 Å². The van der Waals surface area contributed by atoms with E-state index in [0.29, 0.717) is 0 Å². The van der Waals surface area contributed by atoms with Crippen LogP contribution in [0.25, 0.3) is 0 Å². The van der Waals surface area contributed by atoms with Gasteiger partial charge in [-0.05, 0) is 6.92 Å². The summed E-state index contributed by atoms with van der Waals surface area (Å²) in [5.74, 6) is -1.63. The second kappa shape index (κ2) is 5.21. The molecule has 0 spiro atoms. The summed E-state index contributed by atoms with van der Waals surface area (Å²) in [5, 5.41) is 0. The van der Waals surface area contributed by atoms with Crippen LogP contribution in [-0.4, -0.2) is 24.4 Å². The largest absolute Gasteiger partial charge is 0.573 e. The Kier molecular flexibility index (Phi) is 4.12. The highest BCUT2D eigenvalue weighted by Crippen LogP contribution is 2.31. The Morgan fingerprint density at radius 1 is 1.50 bits per heavy atom. The van der Waals surface area contributed by atoms with Gasteiger partial charge in [0.1, 0.15) is 5.56 Å². The van der Waals surface area contributed by atoms with Gasteiger partial charge in [-0.2, -0.15) is 0 Å². The van der Waals surface area contributed by atoms with Crippen LogP contribution in [-0.2, 0) is 11.3 Å². The predicted molar refractivity (Wildman–Crippen MR) is 54.9 cm³/mol. The smallest absolute Gasteiger partial charge is 0.465 e. The highest BCUT2D eigenvalue weighted by molar-refractivity contribution is 5.94. The SMILES string of the molecule is COC(=O)c1c(C)ncc(CN)c1OC(F)(F)F. The fourth-order valence-corrected chi connectivity index (χ4v) is 1.34. The van der Waals surface area contributed by atoms with Gasteiger partial charge in [-0.1, -0.05) is 0 Å². The van der Waals surface area contributed by atoms with Gasteiger partial charge in [0.05, 0.1) is 12.8 Å². The van der Waals surface area contributed by atoms with Crippen LogP contribution in [0, 0.1) is 6.92 Å². The Balaban J connectivity index is 3.41. The zero-order chi connectivity index (χ0) is 13.9. The summed E-state index contributed by atoms with van der Waals surface area (Å²) < 4.78 is 45.1. The van der Waals surface area contributed by atoms with Crippen LogP contribution in [0.5, 0.6) is 5.75 Å². The number of aryl methyl sites for hydroxylation is 1. The maximum Gasteiger partial charge on any atom is 0.573 e. The van der Waals surface area contributed by atoms with Crippen molar-refractivity contribution in [1.82, 2.24) is 4.98 Å². The molecule has 0 bridgehead atoms. The van der Waals surface area contributed by atoms with Gasteiger partial charge in [0, 0.05) is 18.3 Å². The second-order valence-corrected chi connectivity index (χ2v) is 3.32. The van der Waals surface area contributed by atoms with E-state index in [0.717, 1.165) is 13.3 Å². The number of aromatic nitrogens is 1. The molecule has 0 aliphatic heterocycles. The molecule has 18 heavy (non-hydrogen) atoms. The molecule has 8 heteroatoms. The molecule has 0 fully saturated rings. The lowest BCUT2D eigenvalue weighted by atomic mass is 10.1. The van der Waals surface area contributed by atoms with Crippen LogP contribution in [0.15, 0.2) is 6.20 Å². The highest BCUT2D eigenvalue weighted by atomic mass is 19.4. The number of nitrogens with two attached hydrogens (primary N) is 1. The van der Waals surface area contributed by atoms with Crippen LogP contribution in [0.3, 0.4) is 0 Å². The second-order valence-electron chi connectivity index (χ2n) is 3.32. The van der Waals surface area contributed by atoms with E-state index in [2.05, 4.69) is 14.5 Å². The van der Waals surface area contributed by atoms with Gasteiger partial charge in [0.15, 0.2) is 5.75 Å². The van der Waals surface area contributed by atoms with Gasteiger partial charge in [0.25, 0.3) is 0 Å². The molecule has 1 aromatic rings. The molecular weight excluding hydrogens is 253 g/mol. The van der Waals surface area contributed by atoms with Crippen molar-refractivity contribution >= 4 is 5.97 Å². The molecule has 1 aromatic heterocycles. The zero-order valence-electron chi connectivity index (χ0n) is 9.67. The summed E-state index contributed by atoms with van der Waals surface area (Å²) in [4.78, 5) is 15.2. The number of hydrogen-bond acceptors (Lipinski definition) is 5. The molecule has 0 radical (unpaired) electrons. The number of hydrogen-bond donors (Lipinski definition) is 1. The molecule has 0 atom stereocenters. The van der Waals surface area contributed by atoms with Gasteiger partial charge in [0.2, 0.25) is 0 Å². The molecule has 0 saturated heterocycles. The first-order chi connectivity index (χ1) is 8.30. The summed E-state index contributed by atoms with van der Waals surface area (Å²) in [7, 11) is 1.05. The fourth-order valence-electron chi connectivity index (χ4n) is 1.34. The average molecular weight is 264 g/mol. The van der Waals surface area contributed by atoms with E-state index in [1.165, 1.54) is 6.92 Å². The molecule has 100 valence electrons. The summed E-state index contributed by atoms with van der Waals surface area (Å²) in [5.41, 5.74) is 4.95. The Bertz CT molecular complexity index is 460. The number of rotatable bonds is 3. The Hall–Kier alpha value is -1.83. The van der Waals surface area contributed by atoms with Crippen molar-refractivity contribution in [3.8, 4) is 5.75 Å². The third-order valence-corrected chi connectivity index (χ3v) is 2.12. The normalized spacial score (nSPS) is 11.2. The molecule has 2 N–H and O–H groups in total. The first-order valence-corrected chi connectivity index (χ1v) is 4.82. The molecule has 1 rings (SSSR count). The van der Waals surface area contributed by atoms with Crippen molar-refractivity contribution in [2.75, 3.05) is 7.11 Å². The van der Waals surface area contributed by atoms with Crippen molar-refractivity contribution in [3.63, 3.8) is 0 Å². The van der Waals surface area contributed by atoms with Gasteiger partial charge in [-0.25, -0.2) is 4.79 Å².